The van der Waals surface area contributed by atoms with Gasteiger partial charge in [0.2, 0.25) is 0 Å². The van der Waals surface area contributed by atoms with E-state index in [4.69, 9.17) is 11.6 Å². The van der Waals surface area contributed by atoms with Crippen LogP contribution in [0, 0.1) is 0 Å². The molecule has 2 aromatic heterocycles. The maximum absolute atomic E-state index is 12.2. The Balaban J connectivity index is 2.69. The highest BCUT2D eigenvalue weighted by molar-refractivity contribution is 6.32. The van der Waals surface area contributed by atoms with Crippen molar-refractivity contribution in [1.29, 1.82) is 0 Å². The van der Waals surface area contributed by atoms with Crippen molar-refractivity contribution in [2.24, 2.45) is 0 Å². The summed E-state index contributed by atoms with van der Waals surface area (Å²) in [5, 5.41) is -0.0528. The second kappa shape index (κ2) is 2.84. The third-order valence-corrected chi connectivity index (χ3v) is 1.89. The monoisotopic (exact) mass is 221 g/mol. The number of hydrogen-bond donors (Lipinski definition) is 0. The molecule has 3 nitrogen and oxygen atoms in total. The summed E-state index contributed by atoms with van der Waals surface area (Å²) >= 11 is 5.56. The van der Waals surface area contributed by atoms with E-state index in [0.29, 0.717) is 0 Å². The van der Waals surface area contributed by atoms with Gasteiger partial charge in [-0.25, -0.2) is 9.97 Å². The maximum Gasteiger partial charge on any atom is 0.434 e. The number of imidazole rings is 1. The van der Waals surface area contributed by atoms with Crippen molar-refractivity contribution >= 4 is 17.2 Å². The molecule has 14 heavy (non-hydrogen) atoms. The van der Waals surface area contributed by atoms with E-state index in [-0.39, 0.29) is 10.8 Å². The molecule has 0 spiro atoms. The van der Waals surface area contributed by atoms with Crippen molar-refractivity contribution in [3.05, 3.63) is 29.4 Å². The first-order valence-corrected chi connectivity index (χ1v) is 3.92. The summed E-state index contributed by atoms with van der Waals surface area (Å²) in [5.74, 6) is 0. The third kappa shape index (κ3) is 1.41. The standard InChI is InChI=1S/C7H3ClF3N3/c8-5-6-13-4(7(9,10)11)3-14(6)2-1-12-5/h1-3H. The van der Waals surface area contributed by atoms with Crippen LogP contribution in [-0.2, 0) is 6.18 Å². The van der Waals surface area contributed by atoms with Gasteiger partial charge in [0.25, 0.3) is 0 Å². The number of halogens is 4. The number of rotatable bonds is 0. The normalized spacial score (nSPS) is 12.3. The molecule has 0 aliphatic heterocycles. The van der Waals surface area contributed by atoms with Gasteiger partial charge in [-0.15, -0.1) is 0 Å². The minimum Gasteiger partial charge on any atom is -0.302 e. The average molecular weight is 222 g/mol. The van der Waals surface area contributed by atoms with Gasteiger partial charge in [-0.2, -0.15) is 13.2 Å². The van der Waals surface area contributed by atoms with Gasteiger partial charge in [0.1, 0.15) is 0 Å². The predicted molar refractivity (Wildman–Crippen MR) is 43.0 cm³/mol. The summed E-state index contributed by atoms with van der Waals surface area (Å²) in [6, 6.07) is 0. The van der Waals surface area contributed by atoms with Crippen molar-refractivity contribution in [2.75, 3.05) is 0 Å². The summed E-state index contributed by atoms with van der Waals surface area (Å²) < 4.78 is 37.8. The van der Waals surface area contributed by atoms with E-state index in [1.807, 2.05) is 0 Å². The highest BCUT2D eigenvalue weighted by atomic mass is 35.5. The van der Waals surface area contributed by atoms with Crippen molar-refractivity contribution in [1.82, 2.24) is 14.4 Å². The first kappa shape index (κ1) is 9.26. The van der Waals surface area contributed by atoms with Gasteiger partial charge in [-0.1, -0.05) is 11.6 Å². The third-order valence-electron chi connectivity index (χ3n) is 1.62. The Hall–Kier alpha value is -1.30. The molecule has 0 fully saturated rings. The highest BCUT2D eigenvalue weighted by Crippen LogP contribution is 2.29. The van der Waals surface area contributed by atoms with Crippen LogP contribution in [0.15, 0.2) is 18.6 Å². The Morgan fingerprint density at radius 3 is 2.64 bits per heavy atom. The van der Waals surface area contributed by atoms with E-state index in [9.17, 15) is 13.2 Å². The molecule has 0 atom stereocenters. The molecule has 7 heteroatoms. The molecule has 0 radical (unpaired) electrons. The molecule has 0 saturated carbocycles. The zero-order valence-corrected chi connectivity index (χ0v) is 7.34. The van der Waals surface area contributed by atoms with Crippen LogP contribution in [0.1, 0.15) is 5.69 Å². The first-order valence-electron chi connectivity index (χ1n) is 3.55. The summed E-state index contributed by atoms with van der Waals surface area (Å²) in [7, 11) is 0. The predicted octanol–water partition coefficient (Wildman–Crippen LogP) is 2.40. The molecule has 0 N–H and O–H groups in total. The van der Waals surface area contributed by atoms with Crippen molar-refractivity contribution in [2.45, 2.75) is 6.18 Å². The molecule has 2 heterocycles. The van der Waals surface area contributed by atoms with Crippen LogP contribution in [-0.4, -0.2) is 14.4 Å². The zero-order valence-electron chi connectivity index (χ0n) is 6.59. The Morgan fingerprint density at radius 1 is 1.36 bits per heavy atom. The summed E-state index contributed by atoms with van der Waals surface area (Å²) in [4.78, 5) is 6.94. The average Bonchev–Trinajstić information content (AvgIpc) is 2.48. The molecule has 0 bridgehead atoms. The second-order valence-corrected chi connectivity index (χ2v) is 2.93. The molecule has 0 saturated heterocycles. The zero-order chi connectivity index (χ0) is 10.3. The summed E-state index contributed by atoms with van der Waals surface area (Å²) in [5.41, 5.74) is -0.978. The molecule has 2 rings (SSSR count). The van der Waals surface area contributed by atoms with Gasteiger partial charge in [0, 0.05) is 18.6 Å². The molecule has 0 aromatic carbocycles. The van der Waals surface area contributed by atoms with E-state index in [1.54, 1.807) is 0 Å². The van der Waals surface area contributed by atoms with Crippen LogP contribution in [0.25, 0.3) is 5.65 Å². The van der Waals surface area contributed by atoms with Crippen molar-refractivity contribution < 1.29 is 13.2 Å². The van der Waals surface area contributed by atoms with Crippen LogP contribution < -0.4 is 0 Å². The van der Waals surface area contributed by atoms with Gasteiger partial charge in [0.05, 0.1) is 0 Å². The molecule has 0 aliphatic rings. The fraction of sp³-hybridized carbons (Fsp3) is 0.143. The highest BCUT2D eigenvalue weighted by Gasteiger charge is 2.34. The van der Waals surface area contributed by atoms with Crippen molar-refractivity contribution in [3.8, 4) is 0 Å². The smallest absolute Gasteiger partial charge is 0.302 e. The molecule has 0 amide bonds. The maximum atomic E-state index is 12.2. The number of alkyl halides is 3. The Labute approximate surface area is 81.2 Å². The Morgan fingerprint density at radius 2 is 2.07 bits per heavy atom. The van der Waals surface area contributed by atoms with E-state index in [2.05, 4.69) is 9.97 Å². The lowest BCUT2D eigenvalue weighted by atomic mass is 10.5. The molecule has 0 aliphatic carbocycles. The van der Waals surface area contributed by atoms with E-state index in [0.717, 1.165) is 6.20 Å². The number of aromatic nitrogens is 3. The molecular formula is C7H3ClF3N3. The fourth-order valence-corrected chi connectivity index (χ4v) is 1.22. The molecule has 0 unspecified atom stereocenters. The Bertz CT molecular complexity index is 476. The lowest BCUT2D eigenvalue weighted by molar-refractivity contribution is -0.140. The van der Waals surface area contributed by atoms with E-state index < -0.39 is 11.9 Å². The largest absolute Gasteiger partial charge is 0.434 e. The number of nitrogens with zero attached hydrogens (tertiary/aromatic N) is 3. The quantitative estimate of drug-likeness (QED) is 0.684. The van der Waals surface area contributed by atoms with E-state index >= 15 is 0 Å². The van der Waals surface area contributed by atoms with E-state index in [1.165, 1.54) is 16.8 Å². The minimum absolute atomic E-state index is 0.00138. The lowest BCUT2D eigenvalue weighted by Crippen LogP contribution is -2.04. The second-order valence-electron chi connectivity index (χ2n) is 2.57. The van der Waals surface area contributed by atoms with Gasteiger partial charge < -0.3 is 4.40 Å². The number of fused-ring (bicyclic) bond motifs is 1. The van der Waals surface area contributed by atoms with Crippen LogP contribution in [0.4, 0.5) is 13.2 Å². The molecule has 2 aromatic rings. The van der Waals surface area contributed by atoms with Crippen molar-refractivity contribution in [3.63, 3.8) is 0 Å². The van der Waals surface area contributed by atoms with Crippen LogP contribution in [0.2, 0.25) is 5.15 Å². The summed E-state index contributed by atoms with van der Waals surface area (Å²) in [6.07, 6.45) is -0.946. The Kier molecular flexibility index (Phi) is 1.88. The topological polar surface area (TPSA) is 30.2 Å². The molecular weight excluding hydrogens is 219 g/mol. The van der Waals surface area contributed by atoms with Gasteiger partial charge in [-0.05, 0) is 0 Å². The van der Waals surface area contributed by atoms with Gasteiger partial charge in [-0.3, -0.25) is 0 Å². The van der Waals surface area contributed by atoms with Crippen LogP contribution >= 0.6 is 11.6 Å². The van der Waals surface area contributed by atoms with Crippen LogP contribution in [0.3, 0.4) is 0 Å². The fourth-order valence-electron chi connectivity index (χ4n) is 1.02. The first-order chi connectivity index (χ1) is 6.48. The number of hydrogen-bond acceptors (Lipinski definition) is 2. The lowest BCUT2D eigenvalue weighted by Gasteiger charge is -1.98. The SMILES string of the molecule is FC(F)(F)c1cn2ccnc(Cl)c2n1. The van der Waals surface area contributed by atoms with Gasteiger partial charge >= 0.3 is 6.18 Å². The van der Waals surface area contributed by atoms with Crippen LogP contribution in [0.5, 0.6) is 0 Å². The summed E-state index contributed by atoms with van der Waals surface area (Å²) in [6.45, 7) is 0. The van der Waals surface area contributed by atoms with Gasteiger partial charge in [0.15, 0.2) is 16.5 Å². The minimum atomic E-state index is -4.46. The molecule has 74 valence electrons.